The molecule has 1 saturated carbocycles. The van der Waals surface area contributed by atoms with Crippen molar-refractivity contribution in [3.8, 4) is 5.75 Å². The molecule has 1 heterocycles. The second-order valence-electron chi connectivity index (χ2n) is 7.22. The lowest BCUT2D eigenvalue weighted by Crippen LogP contribution is -2.52. The van der Waals surface area contributed by atoms with Gasteiger partial charge in [0, 0.05) is 10.7 Å². The van der Waals surface area contributed by atoms with Crippen molar-refractivity contribution < 1.29 is 13.2 Å². The van der Waals surface area contributed by atoms with Gasteiger partial charge in [-0.25, -0.2) is 8.42 Å². The summed E-state index contributed by atoms with van der Waals surface area (Å²) >= 11 is 3.80. The van der Waals surface area contributed by atoms with Crippen molar-refractivity contribution in [2.75, 3.05) is 12.1 Å². The number of para-hydroxylation sites is 1. The number of ether oxygens (including phenoxy) is 1. The second kappa shape index (κ2) is 7.11. The standard InChI is InChI=1S/C20H23BrN2O3S/c1-13-9-11-14(12-10-13)27(24,25)22-23-19-15(5-3-7-17(19)21)16-6-4-8-18(26-2)20(16)23/h4,6,8-12,15,17,19,22H,3,5,7H2,1-2H3. The zero-order valence-corrected chi connectivity index (χ0v) is 17.8. The molecule has 5 nitrogen and oxygen atoms in total. The van der Waals surface area contributed by atoms with Gasteiger partial charge in [0.25, 0.3) is 10.0 Å². The summed E-state index contributed by atoms with van der Waals surface area (Å²) in [5.74, 6) is 0.960. The molecule has 3 atom stereocenters. The topological polar surface area (TPSA) is 58.6 Å². The summed E-state index contributed by atoms with van der Waals surface area (Å²) in [7, 11) is -2.08. The molecule has 4 rings (SSSR count). The van der Waals surface area contributed by atoms with E-state index in [4.69, 9.17) is 4.74 Å². The van der Waals surface area contributed by atoms with E-state index < -0.39 is 10.0 Å². The Morgan fingerprint density at radius 3 is 2.59 bits per heavy atom. The number of hydrogen-bond acceptors (Lipinski definition) is 4. The molecule has 144 valence electrons. The zero-order valence-electron chi connectivity index (χ0n) is 15.4. The van der Waals surface area contributed by atoms with Crippen molar-refractivity contribution in [3.05, 3.63) is 53.6 Å². The van der Waals surface area contributed by atoms with E-state index in [1.54, 1.807) is 19.2 Å². The molecule has 0 radical (unpaired) electrons. The molecule has 1 N–H and O–H groups in total. The van der Waals surface area contributed by atoms with Crippen molar-refractivity contribution in [3.63, 3.8) is 0 Å². The molecule has 27 heavy (non-hydrogen) atoms. The fraction of sp³-hybridized carbons (Fsp3) is 0.400. The third kappa shape index (κ3) is 3.26. The van der Waals surface area contributed by atoms with Crippen molar-refractivity contribution in [1.82, 2.24) is 4.83 Å². The third-order valence-electron chi connectivity index (χ3n) is 5.52. The third-order valence-corrected chi connectivity index (χ3v) is 7.85. The van der Waals surface area contributed by atoms with Crippen LogP contribution >= 0.6 is 15.9 Å². The minimum Gasteiger partial charge on any atom is -0.495 e. The van der Waals surface area contributed by atoms with Gasteiger partial charge < -0.3 is 4.74 Å². The Kier molecular flexibility index (Phi) is 4.94. The number of halogens is 1. The average Bonchev–Trinajstić information content (AvgIpc) is 2.97. The first kappa shape index (κ1) is 18.8. The van der Waals surface area contributed by atoms with Gasteiger partial charge in [0.15, 0.2) is 0 Å². The number of benzene rings is 2. The normalized spacial score (nSPS) is 24.4. The number of methoxy groups -OCH3 is 1. The molecule has 2 aliphatic rings. The van der Waals surface area contributed by atoms with E-state index in [2.05, 4.69) is 26.8 Å². The molecule has 1 aliphatic heterocycles. The van der Waals surface area contributed by atoms with Gasteiger partial charge in [0.2, 0.25) is 0 Å². The first-order valence-electron chi connectivity index (χ1n) is 9.11. The summed E-state index contributed by atoms with van der Waals surface area (Å²) < 4.78 is 31.7. The van der Waals surface area contributed by atoms with E-state index >= 15 is 0 Å². The maximum atomic E-state index is 13.1. The number of nitrogens with zero attached hydrogens (tertiary/aromatic N) is 1. The van der Waals surface area contributed by atoms with Crippen LogP contribution in [-0.2, 0) is 10.0 Å². The van der Waals surface area contributed by atoms with Crippen LogP contribution in [0.3, 0.4) is 0 Å². The quantitative estimate of drug-likeness (QED) is 0.711. The smallest absolute Gasteiger partial charge is 0.257 e. The van der Waals surface area contributed by atoms with Crippen LogP contribution in [-0.4, -0.2) is 26.4 Å². The van der Waals surface area contributed by atoms with Crippen LogP contribution in [0.5, 0.6) is 5.75 Å². The van der Waals surface area contributed by atoms with Gasteiger partial charge >= 0.3 is 0 Å². The van der Waals surface area contributed by atoms with E-state index in [-0.39, 0.29) is 21.7 Å². The van der Waals surface area contributed by atoms with Crippen LogP contribution in [0.15, 0.2) is 47.4 Å². The minimum absolute atomic E-state index is 0.0188. The Morgan fingerprint density at radius 1 is 1.15 bits per heavy atom. The fourth-order valence-corrected chi connectivity index (χ4v) is 6.22. The van der Waals surface area contributed by atoms with Gasteiger partial charge in [0.1, 0.15) is 5.75 Å². The summed E-state index contributed by atoms with van der Waals surface area (Å²) in [5.41, 5.74) is 3.00. The van der Waals surface area contributed by atoms with Crippen LogP contribution in [0, 0.1) is 6.92 Å². The highest BCUT2D eigenvalue weighted by molar-refractivity contribution is 9.09. The van der Waals surface area contributed by atoms with Crippen LogP contribution in [0.4, 0.5) is 5.69 Å². The van der Waals surface area contributed by atoms with Crippen molar-refractivity contribution >= 4 is 31.6 Å². The fourth-order valence-electron chi connectivity index (χ4n) is 4.22. The predicted molar refractivity (Wildman–Crippen MR) is 110 cm³/mol. The number of hydrogen-bond donors (Lipinski definition) is 1. The second-order valence-corrected chi connectivity index (χ2v) is 10.1. The molecule has 0 amide bonds. The van der Waals surface area contributed by atoms with Crippen LogP contribution in [0.2, 0.25) is 0 Å². The lowest BCUT2D eigenvalue weighted by Gasteiger charge is -2.37. The summed E-state index contributed by atoms with van der Waals surface area (Å²) in [6, 6.07) is 12.9. The lowest BCUT2D eigenvalue weighted by atomic mass is 9.82. The molecule has 2 aromatic carbocycles. The molecule has 0 aromatic heterocycles. The molecular weight excluding hydrogens is 428 g/mol. The Balaban J connectivity index is 1.78. The number of rotatable bonds is 4. The van der Waals surface area contributed by atoms with Crippen LogP contribution in [0.25, 0.3) is 0 Å². The number of alkyl halides is 1. The van der Waals surface area contributed by atoms with E-state index in [0.29, 0.717) is 5.75 Å². The Morgan fingerprint density at radius 2 is 1.89 bits per heavy atom. The summed E-state index contributed by atoms with van der Waals surface area (Å²) in [5, 5.41) is 1.81. The highest BCUT2D eigenvalue weighted by Crippen LogP contribution is 2.52. The highest BCUT2D eigenvalue weighted by Gasteiger charge is 2.47. The number of anilines is 1. The molecular formula is C20H23BrN2O3S. The van der Waals surface area contributed by atoms with Gasteiger partial charge in [-0.3, -0.25) is 5.01 Å². The van der Waals surface area contributed by atoms with Gasteiger partial charge in [-0.2, -0.15) is 0 Å². The lowest BCUT2D eigenvalue weighted by molar-refractivity contribution is 0.390. The number of hydrazine groups is 1. The maximum Gasteiger partial charge on any atom is 0.257 e. The van der Waals surface area contributed by atoms with E-state index in [0.717, 1.165) is 36.1 Å². The molecule has 7 heteroatoms. The Bertz CT molecular complexity index is 946. The monoisotopic (exact) mass is 450 g/mol. The predicted octanol–water partition coefficient (Wildman–Crippen LogP) is 4.12. The van der Waals surface area contributed by atoms with Gasteiger partial charge in [-0.05, 0) is 43.5 Å². The maximum absolute atomic E-state index is 13.1. The van der Waals surface area contributed by atoms with Crippen LogP contribution < -0.4 is 14.6 Å². The number of fused-ring (bicyclic) bond motifs is 3. The Labute approximate surface area is 168 Å². The van der Waals surface area contributed by atoms with Gasteiger partial charge in [-0.15, -0.1) is 4.83 Å². The molecule has 0 bridgehead atoms. The highest BCUT2D eigenvalue weighted by atomic mass is 79.9. The largest absolute Gasteiger partial charge is 0.495 e. The van der Waals surface area contributed by atoms with E-state index in [1.165, 1.54) is 0 Å². The molecule has 0 spiro atoms. The number of nitrogens with one attached hydrogen (secondary N) is 1. The SMILES string of the molecule is COc1cccc2c1N(NS(=O)(=O)c1ccc(C)cc1)C1C(Br)CCCC21. The summed E-state index contributed by atoms with van der Waals surface area (Å²) in [6.45, 7) is 1.94. The molecule has 1 fully saturated rings. The number of aryl methyl sites for hydroxylation is 1. The first-order valence-corrected chi connectivity index (χ1v) is 11.5. The number of sulfonamides is 1. The van der Waals surface area contributed by atoms with Crippen molar-refractivity contribution in [2.24, 2.45) is 0 Å². The van der Waals surface area contributed by atoms with Gasteiger partial charge in [0.05, 0.1) is 23.7 Å². The first-order chi connectivity index (χ1) is 12.9. The summed E-state index contributed by atoms with van der Waals surface area (Å²) in [6.07, 6.45) is 3.17. The molecule has 0 saturated heterocycles. The van der Waals surface area contributed by atoms with Crippen molar-refractivity contribution in [1.29, 1.82) is 0 Å². The minimum atomic E-state index is -3.70. The van der Waals surface area contributed by atoms with Gasteiger partial charge in [-0.1, -0.05) is 52.2 Å². The molecule has 3 unspecified atom stereocenters. The zero-order chi connectivity index (χ0) is 19.2. The average molecular weight is 451 g/mol. The molecule has 1 aliphatic carbocycles. The van der Waals surface area contributed by atoms with Crippen molar-refractivity contribution in [2.45, 2.75) is 47.9 Å². The summed E-state index contributed by atoms with van der Waals surface area (Å²) in [4.78, 5) is 3.31. The van der Waals surface area contributed by atoms with Crippen LogP contribution in [0.1, 0.15) is 36.3 Å². The molecule has 2 aromatic rings. The Hall–Kier alpha value is -1.57. The van der Waals surface area contributed by atoms with E-state index in [1.807, 2.05) is 36.2 Å². The van der Waals surface area contributed by atoms with E-state index in [9.17, 15) is 8.42 Å².